The Labute approximate surface area is 91.5 Å². The number of hydrogen-bond donors (Lipinski definition) is 2. The summed E-state index contributed by atoms with van der Waals surface area (Å²) in [5.74, 6) is 0.375. The molecule has 0 aromatic heterocycles. The van der Waals surface area contributed by atoms with Crippen LogP contribution in [0.4, 0.5) is 0 Å². The summed E-state index contributed by atoms with van der Waals surface area (Å²) in [6, 6.07) is 0. The normalized spacial score (nSPS) is 19.9. The molecule has 0 bridgehead atoms. The Bertz CT molecular complexity index is 217. The van der Waals surface area contributed by atoms with Crippen molar-refractivity contribution in [2.45, 2.75) is 38.6 Å². The van der Waals surface area contributed by atoms with Gasteiger partial charge in [-0.1, -0.05) is 6.92 Å². The molecule has 0 radical (unpaired) electrons. The fourth-order valence-corrected chi connectivity index (χ4v) is 1.32. The van der Waals surface area contributed by atoms with Crippen LogP contribution in [0.1, 0.15) is 33.1 Å². The molecule has 0 heterocycles. The summed E-state index contributed by atoms with van der Waals surface area (Å²) in [6.07, 6.45) is 3.50. The van der Waals surface area contributed by atoms with Gasteiger partial charge >= 0.3 is 0 Å². The van der Waals surface area contributed by atoms with E-state index in [-0.39, 0.29) is 5.91 Å². The maximum atomic E-state index is 11.3. The van der Waals surface area contributed by atoms with Gasteiger partial charge in [0.15, 0.2) is 0 Å². The van der Waals surface area contributed by atoms with Crippen LogP contribution in [0.3, 0.4) is 0 Å². The Balaban J connectivity index is 2.29. The van der Waals surface area contributed by atoms with Crippen molar-refractivity contribution in [3.8, 4) is 0 Å². The van der Waals surface area contributed by atoms with E-state index in [4.69, 9.17) is 10.5 Å². The summed E-state index contributed by atoms with van der Waals surface area (Å²) >= 11 is 0. The van der Waals surface area contributed by atoms with Crippen molar-refractivity contribution in [1.29, 1.82) is 0 Å². The third-order valence-corrected chi connectivity index (χ3v) is 2.75. The lowest BCUT2D eigenvalue weighted by Crippen LogP contribution is -2.56. The summed E-state index contributed by atoms with van der Waals surface area (Å²) in [4.78, 5) is 11.3. The molecule has 1 atom stereocenters. The number of rotatable bonds is 8. The average Bonchev–Trinajstić information content (AvgIpc) is 2.98. The molecule has 0 aromatic rings. The highest BCUT2D eigenvalue weighted by Crippen LogP contribution is 2.29. The zero-order valence-corrected chi connectivity index (χ0v) is 9.71. The minimum absolute atomic E-state index is 0.341. The maximum absolute atomic E-state index is 11.3. The quantitative estimate of drug-likeness (QED) is 0.624. The highest BCUT2D eigenvalue weighted by Gasteiger charge is 2.31. The summed E-state index contributed by atoms with van der Waals surface area (Å²) in [5.41, 5.74) is 4.65. The van der Waals surface area contributed by atoms with E-state index in [0.29, 0.717) is 12.5 Å². The highest BCUT2D eigenvalue weighted by atomic mass is 16.5. The molecule has 1 fully saturated rings. The van der Waals surface area contributed by atoms with Gasteiger partial charge in [-0.2, -0.15) is 0 Å². The minimum Gasteiger partial charge on any atom is -0.379 e. The predicted octanol–water partition coefficient (Wildman–Crippen LogP) is 0.657. The Morgan fingerprint density at radius 1 is 1.60 bits per heavy atom. The monoisotopic (exact) mass is 214 g/mol. The molecule has 0 saturated heterocycles. The molecule has 1 aliphatic carbocycles. The third-order valence-electron chi connectivity index (χ3n) is 2.75. The summed E-state index contributed by atoms with van der Waals surface area (Å²) in [5, 5.41) is 3.14. The molecule has 1 rings (SSSR count). The molecule has 1 unspecified atom stereocenters. The Hall–Kier alpha value is -0.610. The Morgan fingerprint density at radius 2 is 2.27 bits per heavy atom. The number of nitrogens with two attached hydrogens (primary N) is 1. The van der Waals surface area contributed by atoms with Gasteiger partial charge in [-0.25, -0.2) is 0 Å². The summed E-state index contributed by atoms with van der Waals surface area (Å²) in [6.45, 7) is 5.78. The van der Waals surface area contributed by atoms with Gasteiger partial charge in [0.2, 0.25) is 5.91 Å². The molecule has 3 N–H and O–H groups in total. The van der Waals surface area contributed by atoms with E-state index in [9.17, 15) is 4.79 Å². The lowest BCUT2D eigenvalue weighted by atomic mass is 10.0. The molecule has 4 nitrogen and oxygen atoms in total. The first-order valence-electron chi connectivity index (χ1n) is 5.71. The SMILES string of the molecule is CCCNC(C)(COCC1CC1)C(N)=O. The molecule has 0 aromatic carbocycles. The van der Waals surface area contributed by atoms with E-state index in [1.54, 1.807) is 6.92 Å². The molecular weight excluding hydrogens is 192 g/mol. The lowest BCUT2D eigenvalue weighted by Gasteiger charge is -2.27. The highest BCUT2D eigenvalue weighted by molar-refractivity contribution is 5.84. The van der Waals surface area contributed by atoms with Crippen molar-refractivity contribution >= 4 is 5.91 Å². The van der Waals surface area contributed by atoms with Gasteiger partial charge in [0.25, 0.3) is 0 Å². The van der Waals surface area contributed by atoms with Crippen molar-refractivity contribution in [2.75, 3.05) is 19.8 Å². The molecular formula is C11H22N2O2. The van der Waals surface area contributed by atoms with Crippen molar-refractivity contribution in [3.63, 3.8) is 0 Å². The van der Waals surface area contributed by atoms with Crippen LogP contribution in [0.2, 0.25) is 0 Å². The molecule has 0 spiro atoms. The first-order valence-corrected chi connectivity index (χ1v) is 5.71. The third kappa shape index (κ3) is 4.18. The van der Waals surface area contributed by atoms with Crippen LogP contribution < -0.4 is 11.1 Å². The van der Waals surface area contributed by atoms with Gasteiger partial charge in [-0.3, -0.25) is 4.79 Å². The number of hydrogen-bond acceptors (Lipinski definition) is 3. The first-order chi connectivity index (χ1) is 7.08. The van der Waals surface area contributed by atoms with Crippen LogP contribution in [0.25, 0.3) is 0 Å². The standard InChI is InChI=1S/C11H22N2O2/c1-3-6-13-11(2,10(12)14)8-15-7-9-4-5-9/h9,13H,3-8H2,1-2H3,(H2,12,14). The van der Waals surface area contributed by atoms with Gasteiger partial charge < -0.3 is 15.8 Å². The average molecular weight is 214 g/mol. The van der Waals surface area contributed by atoms with Crippen molar-refractivity contribution in [2.24, 2.45) is 11.7 Å². The molecule has 1 saturated carbocycles. The van der Waals surface area contributed by atoms with Crippen molar-refractivity contribution < 1.29 is 9.53 Å². The van der Waals surface area contributed by atoms with Gasteiger partial charge in [-0.05, 0) is 38.6 Å². The second-order valence-electron chi connectivity index (χ2n) is 4.58. The zero-order valence-electron chi connectivity index (χ0n) is 9.71. The predicted molar refractivity (Wildman–Crippen MR) is 59.4 cm³/mol. The molecule has 15 heavy (non-hydrogen) atoms. The fourth-order valence-electron chi connectivity index (χ4n) is 1.32. The topological polar surface area (TPSA) is 64.3 Å². The Morgan fingerprint density at radius 3 is 2.73 bits per heavy atom. The van der Waals surface area contributed by atoms with E-state index in [1.165, 1.54) is 12.8 Å². The van der Waals surface area contributed by atoms with E-state index >= 15 is 0 Å². The van der Waals surface area contributed by atoms with Crippen LogP contribution in [0.15, 0.2) is 0 Å². The van der Waals surface area contributed by atoms with E-state index in [2.05, 4.69) is 12.2 Å². The molecule has 0 aliphatic heterocycles. The van der Waals surface area contributed by atoms with E-state index < -0.39 is 5.54 Å². The van der Waals surface area contributed by atoms with Gasteiger partial charge in [0.05, 0.1) is 6.61 Å². The minimum atomic E-state index is -0.717. The number of amides is 1. The summed E-state index contributed by atoms with van der Waals surface area (Å²) in [7, 11) is 0. The van der Waals surface area contributed by atoms with Crippen LogP contribution in [-0.2, 0) is 9.53 Å². The zero-order chi connectivity index (χ0) is 11.3. The van der Waals surface area contributed by atoms with Crippen LogP contribution in [0, 0.1) is 5.92 Å². The second-order valence-corrected chi connectivity index (χ2v) is 4.58. The van der Waals surface area contributed by atoms with Crippen LogP contribution >= 0.6 is 0 Å². The number of ether oxygens (including phenoxy) is 1. The maximum Gasteiger partial charge on any atom is 0.239 e. The molecule has 1 aliphatic rings. The van der Waals surface area contributed by atoms with Crippen LogP contribution in [0.5, 0.6) is 0 Å². The van der Waals surface area contributed by atoms with Gasteiger partial charge in [0.1, 0.15) is 5.54 Å². The summed E-state index contributed by atoms with van der Waals surface area (Å²) < 4.78 is 5.52. The van der Waals surface area contributed by atoms with Crippen LogP contribution in [-0.4, -0.2) is 31.2 Å². The van der Waals surface area contributed by atoms with Crippen molar-refractivity contribution in [3.05, 3.63) is 0 Å². The fraction of sp³-hybridized carbons (Fsp3) is 0.909. The van der Waals surface area contributed by atoms with Gasteiger partial charge in [-0.15, -0.1) is 0 Å². The number of carbonyl (C=O) groups is 1. The van der Waals surface area contributed by atoms with Gasteiger partial charge in [0, 0.05) is 6.61 Å². The Kier molecular flexibility index (Phi) is 4.54. The van der Waals surface area contributed by atoms with E-state index in [0.717, 1.165) is 19.6 Å². The molecule has 4 heteroatoms. The number of nitrogens with one attached hydrogen (secondary N) is 1. The molecule has 88 valence electrons. The van der Waals surface area contributed by atoms with E-state index in [1.807, 2.05) is 0 Å². The molecule has 1 amide bonds. The first kappa shape index (κ1) is 12.5. The lowest BCUT2D eigenvalue weighted by molar-refractivity contribution is -0.126. The smallest absolute Gasteiger partial charge is 0.239 e. The van der Waals surface area contributed by atoms with Crippen molar-refractivity contribution in [1.82, 2.24) is 5.32 Å². The number of primary amides is 1. The number of carbonyl (C=O) groups excluding carboxylic acids is 1. The second kappa shape index (κ2) is 5.47. The largest absolute Gasteiger partial charge is 0.379 e.